The van der Waals surface area contributed by atoms with Gasteiger partial charge in [-0.05, 0) is 42.0 Å². The Labute approximate surface area is 135 Å². The Balaban J connectivity index is 2.51. The summed E-state index contributed by atoms with van der Waals surface area (Å²) in [6.45, 7) is 0. The van der Waals surface area contributed by atoms with Gasteiger partial charge in [0.05, 0.1) is 11.9 Å². The molecule has 2 rings (SSSR count). The molecule has 1 atom stereocenters. The first-order valence-corrected chi connectivity index (χ1v) is 7.50. The van der Waals surface area contributed by atoms with E-state index in [0.29, 0.717) is 15.1 Å². The fraction of sp³-hybridized carbons (Fsp3) is 0.143. The summed E-state index contributed by atoms with van der Waals surface area (Å²) in [5, 5.41) is 1.90. The van der Waals surface area contributed by atoms with Gasteiger partial charge in [0.1, 0.15) is 5.75 Å². The molecule has 0 aliphatic rings. The predicted octanol–water partition coefficient (Wildman–Crippen LogP) is 6.14. The van der Waals surface area contributed by atoms with E-state index >= 15 is 0 Å². The Kier molecular flexibility index (Phi) is 5.02. The van der Waals surface area contributed by atoms with E-state index in [2.05, 4.69) is 15.9 Å². The van der Waals surface area contributed by atoms with Gasteiger partial charge in [-0.3, -0.25) is 0 Å². The molecule has 0 radical (unpaired) electrons. The zero-order valence-corrected chi connectivity index (χ0v) is 13.8. The Hall–Kier alpha value is -0.410. The van der Waals surface area contributed by atoms with Crippen LogP contribution in [0, 0.1) is 0 Å². The molecule has 0 bridgehead atoms. The minimum atomic E-state index is -0.146. The van der Waals surface area contributed by atoms with E-state index in [4.69, 9.17) is 39.5 Å². The first kappa shape index (κ1) is 15.0. The standard InChI is InChI=1S/C14H10BrCl3O/c1-19-13-5-3-9(17)7-11(13)14(15)10-6-8(16)2-4-12(10)18/h2-7,14H,1H3. The quantitative estimate of drug-likeness (QED) is 0.581. The molecule has 0 aromatic heterocycles. The maximum absolute atomic E-state index is 6.21. The third kappa shape index (κ3) is 3.38. The molecule has 1 unspecified atom stereocenters. The fourth-order valence-corrected chi connectivity index (χ4v) is 3.24. The van der Waals surface area contributed by atoms with Crippen LogP contribution in [0.4, 0.5) is 0 Å². The van der Waals surface area contributed by atoms with Crippen molar-refractivity contribution in [1.82, 2.24) is 0 Å². The Morgan fingerprint density at radius 3 is 2.16 bits per heavy atom. The third-order valence-corrected chi connectivity index (χ3v) is 4.50. The molecule has 100 valence electrons. The van der Waals surface area contributed by atoms with E-state index < -0.39 is 0 Å². The van der Waals surface area contributed by atoms with E-state index in [1.54, 1.807) is 25.3 Å². The molecular formula is C14H10BrCl3O. The van der Waals surface area contributed by atoms with Crippen LogP contribution in [-0.4, -0.2) is 7.11 Å². The maximum Gasteiger partial charge on any atom is 0.123 e. The van der Waals surface area contributed by atoms with Crippen molar-refractivity contribution in [3.8, 4) is 5.75 Å². The van der Waals surface area contributed by atoms with Crippen molar-refractivity contribution in [3.05, 3.63) is 62.6 Å². The second kappa shape index (κ2) is 6.36. The maximum atomic E-state index is 6.21. The number of halogens is 4. The molecule has 0 aliphatic heterocycles. The smallest absolute Gasteiger partial charge is 0.123 e. The van der Waals surface area contributed by atoms with Gasteiger partial charge in [0.2, 0.25) is 0 Å². The van der Waals surface area contributed by atoms with E-state index in [1.807, 2.05) is 18.2 Å². The fourth-order valence-electron chi connectivity index (χ4n) is 1.78. The summed E-state index contributed by atoms with van der Waals surface area (Å²) < 4.78 is 5.35. The molecule has 1 nitrogen and oxygen atoms in total. The van der Waals surface area contributed by atoms with Crippen LogP contribution in [0.5, 0.6) is 5.75 Å². The van der Waals surface area contributed by atoms with Gasteiger partial charge in [0.25, 0.3) is 0 Å². The summed E-state index contributed by atoms with van der Waals surface area (Å²) in [4.78, 5) is -0.146. The summed E-state index contributed by atoms with van der Waals surface area (Å²) >= 11 is 21.9. The Bertz CT molecular complexity index is 601. The highest BCUT2D eigenvalue weighted by atomic mass is 79.9. The monoisotopic (exact) mass is 378 g/mol. The van der Waals surface area contributed by atoms with Crippen LogP contribution in [0.1, 0.15) is 16.0 Å². The van der Waals surface area contributed by atoms with Crippen molar-refractivity contribution in [2.24, 2.45) is 0 Å². The van der Waals surface area contributed by atoms with E-state index in [1.165, 1.54) is 0 Å². The zero-order chi connectivity index (χ0) is 14.0. The summed E-state index contributed by atoms with van der Waals surface area (Å²) in [6.07, 6.45) is 0. The highest BCUT2D eigenvalue weighted by Gasteiger charge is 2.18. The molecule has 2 aromatic carbocycles. The molecule has 5 heteroatoms. The number of ether oxygens (including phenoxy) is 1. The first-order valence-electron chi connectivity index (χ1n) is 5.45. The molecule has 0 fully saturated rings. The molecule has 0 amide bonds. The average molecular weight is 380 g/mol. The van der Waals surface area contributed by atoms with Crippen molar-refractivity contribution in [1.29, 1.82) is 0 Å². The summed E-state index contributed by atoms with van der Waals surface area (Å²) in [7, 11) is 1.62. The zero-order valence-electron chi connectivity index (χ0n) is 9.96. The second-order valence-electron chi connectivity index (χ2n) is 3.91. The van der Waals surface area contributed by atoms with Gasteiger partial charge < -0.3 is 4.74 Å². The van der Waals surface area contributed by atoms with Crippen LogP contribution in [0.15, 0.2) is 36.4 Å². The molecule has 0 aliphatic carbocycles. The number of rotatable bonds is 3. The molecule has 0 saturated carbocycles. The van der Waals surface area contributed by atoms with Gasteiger partial charge in [-0.15, -0.1) is 0 Å². The summed E-state index contributed by atoms with van der Waals surface area (Å²) in [5.41, 5.74) is 1.77. The topological polar surface area (TPSA) is 9.23 Å². The van der Waals surface area contributed by atoms with Gasteiger partial charge in [0, 0.05) is 20.6 Å². The van der Waals surface area contributed by atoms with Crippen molar-refractivity contribution in [3.63, 3.8) is 0 Å². The van der Waals surface area contributed by atoms with Crippen molar-refractivity contribution in [2.75, 3.05) is 7.11 Å². The van der Waals surface area contributed by atoms with Crippen LogP contribution in [0.3, 0.4) is 0 Å². The lowest BCUT2D eigenvalue weighted by Crippen LogP contribution is -1.98. The highest BCUT2D eigenvalue weighted by Crippen LogP contribution is 2.41. The highest BCUT2D eigenvalue weighted by molar-refractivity contribution is 9.09. The molecule has 2 aromatic rings. The van der Waals surface area contributed by atoms with Crippen LogP contribution in [0.25, 0.3) is 0 Å². The SMILES string of the molecule is COc1ccc(Cl)cc1C(Br)c1cc(Cl)ccc1Cl. The van der Waals surface area contributed by atoms with Crippen LogP contribution >= 0.6 is 50.7 Å². The number of alkyl halides is 1. The molecule has 0 spiro atoms. The first-order chi connectivity index (χ1) is 9.02. The van der Waals surface area contributed by atoms with E-state index in [0.717, 1.165) is 16.9 Å². The van der Waals surface area contributed by atoms with E-state index in [-0.39, 0.29) is 4.83 Å². The van der Waals surface area contributed by atoms with Crippen LogP contribution < -0.4 is 4.74 Å². The van der Waals surface area contributed by atoms with Crippen molar-refractivity contribution in [2.45, 2.75) is 4.83 Å². The average Bonchev–Trinajstić information content (AvgIpc) is 2.40. The minimum absolute atomic E-state index is 0.146. The Morgan fingerprint density at radius 1 is 0.947 bits per heavy atom. The number of hydrogen-bond donors (Lipinski definition) is 0. The third-order valence-electron chi connectivity index (χ3n) is 2.70. The molecule has 0 saturated heterocycles. The largest absolute Gasteiger partial charge is 0.496 e. The van der Waals surface area contributed by atoms with Gasteiger partial charge in [-0.2, -0.15) is 0 Å². The Morgan fingerprint density at radius 2 is 1.53 bits per heavy atom. The van der Waals surface area contributed by atoms with Gasteiger partial charge in [-0.1, -0.05) is 50.7 Å². The summed E-state index contributed by atoms with van der Waals surface area (Å²) in [6, 6.07) is 10.8. The lowest BCUT2D eigenvalue weighted by Gasteiger charge is -2.16. The molecule has 19 heavy (non-hydrogen) atoms. The molecule has 0 heterocycles. The van der Waals surface area contributed by atoms with Crippen LogP contribution in [-0.2, 0) is 0 Å². The normalized spacial score (nSPS) is 12.3. The number of methoxy groups -OCH3 is 1. The van der Waals surface area contributed by atoms with Gasteiger partial charge >= 0.3 is 0 Å². The minimum Gasteiger partial charge on any atom is -0.496 e. The molecular weight excluding hydrogens is 370 g/mol. The van der Waals surface area contributed by atoms with Crippen molar-refractivity contribution < 1.29 is 4.74 Å². The summed E-state index contributed by atoms with van der Waals surface area (Å²) in [5.74, 6) is 0.738. The molecule has 0 N–H and O–H groups in total. The predicted molar refractivity (Wildman–Crippen MR) is 85.2 cm³/mol. The van der Waals surface area contributed by atoms with E-state index in [9.17, 15) is 0 Å². The second-order valence-corrected chi connectivity index (χ2v) is 6.11. The number of benzene rings is 2. The van der Waals surface area contributed by atoms with Gasteiger partial charge in [-0.25, -0.2) is 0 Å². The lowest BCUT2D eigenvalue weighted by molar-refractivity contribution is 0.410. The van der Waals surface area contributed by atoms with Crippen LogP contribution in [0.2, 0.25) is 15.1 Å². The lowest BCUT2D eigenvalue weighted by atomic mass is 10.0. The van der Waals surface area contributed by atoms with Gasteiger partial charge in [0.15, 0.2) is 0 Å². The van der Waals surface area contributed by atoms with Crippen molar-refractivity contribution >= 4 is 50.7 Å². The number of hydrogen-bond acceptors (Lipinski definition) is 1.